The van der Waals surface area contributed by atoms with Gasteiger partial charge < -0.3 is 25.4 Å². The van der Waals surface area contributed by atoms with Gasteiger partial charge in [0.05, 0.1) is 6.10 Å². The van der Waals surface area contributed by atoms with E-state index in [9.17, 15) is 19.8 Å². The molecule has 4 N–H and O–H groups in total. The highest BCUT2D eigenvalue weighted by atomic mass is 16.5. The van der Waals surface area contributed by atoms with Gasteiger partial charge in [-0.3, -0.25) is 0 Å². The standard InChI is InChI=1S/C18H20N2O6/c21-15(16(22)13-6-8-19-14(10-13)17(23)24)7-9-20-18(25)26-11-12-4-2-1-3-5-12/h1-6,8,10,15-16,21-22H,7,9,11H2,(H,20,25)(H,23,24). The number of aromatic nitrogens is 1. The SMILES string of the molecule is O=C(NCCC(O)C(O)c1ccnc(C(=O)O)c1)OCc1ccccc1. The Bertz CT molecular complexity index is 737. The lowest BCUT2D eigenvalue weighted by Crippen LogP contribution is -2.29. The first-order valence-corrected chi connectivity index (χ1v) is 7.97. The molecule has 0 aliphatic carbocycles. The number of nitrogens with one attached hydrogen (secondary N) is 1. The minimum Gasteiger partial charge on any atom is -0.477 e. The third kappa shape index (κ3) is 5.83. The minimum absolute atomic E-state index is 0.0618. The topological polar surface area (TPSA) is 129 Å². The highest BCUT2D eigenvalue weighted by molar-refractivity contribution is 5.85. The van der Waals surface area contributed by atoms with Crippen LogP contribution in [0.2, 0.25) is 0 Å². The number of carbonyl (C=O) groups is 2. The minimum atomic E-state index is -1.29. The Labute approximate surface area is 150 Å². The van der Waals surface area contributed by atoms with E-state index in [0.29, 0.717) is 0 Å². The first-order chi connectivity index (χ1) is 12.5. The molecule has 1 amide bonds. The number of benzene rings is 1. The summed E-state index contributed by atoms with van der Waals surface area (Å²) in [5.74, 6) is -1.23. The average Bonchev–Trinajstić information content (AvgIpc) is 2.66. The highest BCUT2D eigenvalue weighted by Crippen LogP contribution is 2.19. The number of hydrogen-bond acceptors (Lipinski definition) is 6. The summed E-state index contributed by atoms with van der Waals surface area (Å²) < 4.78 is 5.03. The van der Waals surface area contributed by atoms with Gasteiger partial charge in [0.25, 0.3) is 0 Å². The van der Waals surface area contributed by atoms with Crippen molar-refractivity contribution in [3.8, 4) is 0 Å². The fraction of sp³-hybridized carbons (Fsp3) is 0.278. The van der Waals surface area contributed by atoms with Crippen molar-refractivity contribution >= 4 is 12.1 Å². The second-order valence-corrected chi connectivity index (χ2v) is 5.57. The van der Waals surface area contributed by atoms with E-state index >= 15 is 0 Å². The van der Waals surface area contributed by atoms with Gasteiger partial charge in [-0.1, -0.05) is 30.3 Å². The van der Waals surface area contributed by atoms with E-state index in [0.717, 1.165) is 5.56 Å². The van der Waals surface area contributed by atoms with E-state index in [1.807, 2.05) is 30.3 Å². The van der Waals surface area contributed by atoms with E-state index in [2.05, 4.69) is 10.3 Å². The Morgan fingerprint density at radius 1 is 1.15 bits per heavy atom. The Morgan fingerprint density at radius 3 is 2.58 bits per heavy atom. The van der Waals surface area contributed by atoms with Crippen LogP contribution in [0.5, 0.6) is 0 Å². The van der Waals surface area contributed by atoms with Crippen molar-refractivity contribution in [2.24, 2.45) is 0 Å². The number of amides is 1. The highest BCUT2D eigenvalue weighted by Gasteiger charge is 2.20. The monoisotopic (exact) mass is 360 g/mol. The van der Waals surface area contributed by atoms with Crippen LogP contribution in [0.15, 0.2) is 48.7 Å². The number of aromatic carboxylic acids is 1. The van der Waals surface area contributed by atoms with Crippen molar-refractivity contribution in [3.63, 3.8) is 0 Å². The van der Waals surface area contributed by atoms with Crippen LogP contribution in [0.4, 0.5) is 4.79 Å². The van der Waals surface area contributed by atoms with E-state index in [-0.39, 0.29) is 30.8 Å². The molecule has 2 unspecified atom stereocenters. The number of aliphatic hydroxyl groups is 2. The molecule has 1 aromatic carbocycles. The van der Waals surface area contributed by atoms with Gasteiger partial charge in [-0.05, 0) is 29.7 Å². The fourth-order valence-corrected chi connectivity index (χ4v) is 2.22. The third-order valence-corrected chi connectivity index (χ3v) is 3.63. The summed E-state index contributed by atoms with van der Waals surface area (Å²) in [4.78, 5) is 26.1. The molecule has 138 valence electrons. The lowest BCUT2D eigenvalue weighted by atomic mass is 10.0. The summed E-state index contributed by atoms with van der Waals surface area (Å²) in [5.41, 5.74) is 0.859. The zero-order chi connectivity index (χ0) is 18.9. The molecule has 0 fully saturated rings. The number of rotatable bonds is 8. The third-order valence-electron chi connectivity index (χ3n) is 3.63. The average molecular weight is 360 g/mol. The quantitative estimate of drug-likeness (QED) is 0.561. The summed E-state index contributed by atoms with van der Waals surface area (Å²) in [6.07, 6.45) is -1.81. The fourth-order valence-electron chi connectivity index (χ4n) is 2.22. The van der Waals surface area contributed by atoms with Gasteiger partial charge in [0, 0.05) is 12.7 Å². The second-order valence-electron chi connectivity index (χ2n) is 5.57. The largest absolute Gasteiger partial charge is 0.477 e. The number of carbonyl (C=O) groups excluding carboxylic acids is 1. The van der Waals surface area contributed by atoms with Crippen molar-refractivity contribution < 1.29 is 29.6 Å². The molecule has 2 atom stereocenters. The van der Waals surface area contributed by atoms with Crippen molar-refractivity contribution in [1.82, 2.24) is 10.3 Å². The molecule has 1 heterocycles. The Kier molecular flexibility index (Phi) is 7.07. The van der Waals surface area contributed by atoms with Crippen LogP contribution < -0.4 is 5.32 Å². The Morgan fingerprint density at radius 2 is 1.88 bits per heavy atom. The molecule has 0 spiro atoms. The number of pyridine rings is 1. The summed E-state index contributed by atoms with van der Waals surface area (Å²) in [7, 11) is 0. The van der Waals surface area contributed by atoms with Gasteiger partial charge >= 0.3 is 12.1 Å². The van der Waals surface area contributed by atoms with Gasteiger partial charge in [0.1, 0.15) is 18.4 Å². The first-order valence-electron chi connectivity index (χ1n) is 7.97. The predicted octanol–water partition coefficient (Wildman–Crippen LogP) is 1.49. The van der Waals surface area contributed by atoms with E-state index in [1.165, 1.54) is 18.3 Å². The van der Waals surface area contributed by atoms with Gasteiger partial charge in [0.2, 0.25) is 0 Å². The second kappa shape index (κ2) is 9.50. The van der Waals surface area contributed by atoms with Crippen LogP contribution in [0.25, 0.3) is 0 Å². The number of ether oxygens (including phenoxy) is 1. The van der Waals surface area contributed by atoms with Crippen LogP contribution in [0, 0.1) is 0 Å². The number of aliphatic hydroxyl groups excluding tert-OH is 2. The van der Waals surface area contributed by atoms with E-state index < -0.39 is 24.3 Å². The molecule has 2 aromatic rings. The van der Waals surface area contributed by atoms with Crippen LogP contribution in [-0.2, 0) is 11.3 Å². The Balaban J connectivity index is 1.75. The molecule has 26 heavy (non-hydrogen) atoms. The van der Waals surface area contributed by atoms with Crippen molar-refractivity contribution in [2.75, 3.05) is 6.54 Å². The maximum Gasteiger partial charge on any atom is 0.407 e. The maximum absolute atomic E-state index is 11.6. The number of carboxylic acids is 1. The van der Waals surface area contributed by atoms with Crippen LogP contribution in [-0.4, -0.2) is 45.0 Å². The molecule has 8 nitrogen and oxygen atoms in total. The lowest BCUT2D eigenvalue weighted by Gasteiger charge is -2.18. The maximum atomic E-state index is 11.6. The molecule has 8 heteroatoms. The molecule has 0 saturated heterocycles. The zero-order valence-corrected chi connectivity index (χ0v) is 13.9. The van der Waals surface area contributed by atoms with Gasteiger partial charge in [-0.15, -0.1) is 0 Å². The normalized spacial score (nSPS) is 12.8. The molecule has 2 rings (SSSR count). The molecule has 0 aliphatic rings. The van der Waals surface area contributed by atoms with Crippen LogP contribution in [0.1, 0.15) is 34.1 Å². The zero-order valence-electron chi connectivity index (χ0n) is 13.9. The molecule has 0 aliphatic heterocycles. The molecule has 0 bridgehead atoms. The van der Waals surface area contributed by atoms with Crippen LogP contribution >= 0.6 is 0 Å². The van der Waals surface area contributed by atoms with E-state index in [1.54, 1.807) is 0 Å². The van der Waals surface area contributed by atoms with Gasteiger partial charge in [-0.25, -0.2) is 14.6 Å². The molecule has 1 aromatic heterocycles. The molecule has 0 radical (unpaired) electrons. The summed E-state index contributed by atoms with van der Waals surface area (Å²) >= 11 is 0. The summed E-state index contributed by atoms with van der Waals surface area (Å²) in [5, 5.41) is 31.5. The molecular formula is C18H20N2O6. The van der Waals surface area contributed by atoms with Crippen molar-refractivity contribution in [2.45, 2.75) is 25.2 Å². The van der Waals surface area contributed by atoms with Gasteiger partial charge in [-0.2, -0.15) is 0 Å². The Hall–Kier alpha value is -2.97. The number of hydrogen-bond donors (Lipinski definition) is 4. The summed E-state index contributed by atoms with van der Waals surface area (Å²) in [6, 6.07) is 11.8. The lowest BCUT2D eigenvalue weighted by molar-refractivity contribution is 0.0135. The van der Waals surface area contributed by atoms with Crippen LogP contribution in [0.3, 0.4) is 0 Å². The molecule has 0 saturated carbocycles. The number of nitrogens with zero attached hydrogens (tertiary/aromatic N) is 1. The summed E-state index contributed by atoms with van der Waals surface area (Å²) in [6.45, 7) is 0.218. The van der Waals surface area contributed by atoms with Crippen molar-refractivity contribution in [3.05, 3.63) is 65.5 Å². The van der Waals surface area contributed by atoms with Crippen molar-refractivity contribution in [1.29, 1.82) is 0 Å². The van der Waals surface area contributed by atoms with E-state index in [4.69, 9.17) is 9.84 Å². The first kappa shape index (κ1) is 19.4. The number of alkyl carbamates (subject to hydrolysis) is 1. The predicted molar refractivity (Wildman–Crippen MR) is 91.4 cm³/mol. The number of carboxylic acid groups (broad SMARTS) is 1. The molecular weight excluding hydrogens is 340 g/mol. The smallest absolute Gasteiger partial charge is 0.407 e. The van der Waals surface area contributed by atoms with Gasteiger partial charge in [0.15, 0.2) is 0 Å².